The van der Waals surface area contributed by atoms with Gasteiger partial charge >= 0.3 is 0 Å². The maximum Gasteiger partial charge on any atom is 0.266 e. The molecule has 2 aliphatic heterocycles. The molecule has 0 aliphatic carbocycles. The van der Waals surface area contributed by atoms with Crippen molar-refractivity contribution in [2.75, 3.05) is 9.80 Å². The summed E-state index contributed by atoms with van der Waals surface area (Å²) in [6.45, 7) is 3.74. The van der Waals surface area contributed by atoms with Crippen molar-refractivity contribution in [2.45, 2.75) is 20.3 Å². The van der Waals surface area contributed by atoms with Crippen molar-refractivity contribution in [3.05, 3.63) is 129 Å². The van der Waals surface area contributed by atoms with Crippen molar-refractivity contribution in [1.82, 2.24) is 0 Å². The van der Waals surface area contributed by atoms with Gasteiger partial charge in [0.2, 0.25) is 0 Å². The molecule has 0 atom stereocenters. The first-order valence-corrected chi connectivity index (χ1v) is 12.0. The molecule has 6 rings (SSSR count). The zero-order valence-electron chi connectivity index (χ0n) is 20.3. The van der Waals surface area contributed by atoms with Gasteiger partial charge in [0.05, 0.1) is 33.6 Å². The van der Waals surface area contributed by atoms with Crippen molar-refractivity contribution in [3.8, 4) is 0 Å². The fourth-order valence-corrected chi connectivity index (χ4v) is 5.06. The Morgan fingerprint density at radius 1 is 0.486 bits per heavy atom. The number of fused-ring (bicyclic) bond motifs is 2. The summed E-state index contributed by atoms with van der Waals surface area (Å²) in [7, 11) is 0. The van der Waals surface area contributed by atoms with Crippen LogP contribution in [0.2, 0.25) is 0 Å². The number of benzene rings is 4. The van der Waals surface area contributed by atoms with Crippen LogP contribution in [0, 0.1) is 13.8 Å². The molecule has 2 aliphatic rings. The van der Waals surface area contributed by atoms with E-state index in [1.165, 1.54) is 9.80 Å². The van der Waals surface area contributed by atoms with Gasteiger partial charge in [-0.1, -0.05) is 48.5 Å². The van der Waals surface area contributed by atoms with Crippen LogP contribution < -0.4 is 9.80 Å². The molecule has 2 heterocycles. The minimum absolute atomic E-state index is 0.330. The number of amides is 4. The van der Waals surface area contributed by atoms with Gasteiger partial charge in [0, 0.05) is 0 Å². The molecule has 0 unspecified atom stereocenters. The Bertz CT molecular complexity index is 1480. The zero-order chi connectivity index (χ0) is 25.8. The molecule has 0 bridgehead atoms. The summed E-state index contributed by atoms with van der Waals surface area (Å²) in [5, 5.41) is 0. The average molecular weight is 487 g/mol. The van der Waals surface area contributed by atoms with Crippen LogP contribution in [0.15, 0.2) is 84.9 Å². The molecule has 4 aromatic carbocycles. The van der Waals surface area contributed by atoms with E-state index in [2.05, 4.69) is 0 Å². The Hall–Kier alpha value is -4.84. The van der Waals surface area contributed by atoms with E-state index >= 15 is 0 Å². The van der Waals surface area contributed by atoms with E-state index in [0.717, 1.165) is 22.3 Å². The largest absolute Gasteiger partial charge is 0.268 e. The first-order chi connectivity index (χ1) is 17.8. The van der Waals surface area contributed by atoms with Crippen molar-refractivity contribution >= 4 is 35.0 Å². The zero-order valence-corrected chi connectivity index (χ0v) is 20.3. The SMILES string of the molecule is Cc1ccc(Cc2ccc(C)c(N3C(=O)c4ccccc4C3=O)c2)cc1N1C(=O)c2ccccc2C1=O. The predicted octanol–water partition coefficient (Wildman–Crippen LogP) is 5.50. The standard InChI is InChI=1S/C31H22N2O4/c1-18-11-13-20(16-26(18)32-28(34)22-7-3-4-8-23(22)29(32)35)15-21-14-12-19(2)27(17-21)33-30(36)24-9-5-6-10-25(24)31(33)37/h3-14,16-17H,15H2,1-2H3. The topological polar surface area (TPSA) is 74.8 Å². The maximum absolute atomic E-state index is 13.0. The number of aryl methyl sites for hydroxylation is 2. The number of carbonyl (C=O) groups is 4. The summed E-state index contributed by atoms with van der Waals surface area (Å²) in [5.41, 5.74) is 6.14. The van der Waals surface area contributed by atoms with E-state index in [-0.39, 0.29) is 23.6 Å². The molecule has 180 valence electrons. The molecule has 0 saturated heterocycles. The molecular formula is C31H22N2O4. The molecule has 0 radical (unpaired) electrons. The molecule has 0 fully saturated rings. The van der Waals surface area contributed by atoms with Gasteiger partial charge in [-0.25, -0.2) is 9.80 Å². The number of hydrogen-bond acceptors (Lipinski definition) is 4. The van der Waals surface area contributed by atoms with Crippen LogP contribution in [0.4, 0.5) is 11.4 Å². The van der Waals surface area contributed by atoms with Crippen LogP contribution in [0.3, 0.4) is 0 Å². The van der Waals surface area contributed by atoms with Crippen LogP contribution in [0.25, 0.3) is 0 Å². The van der Waals surface area contributed by atoms with Gasteiger partial charge in [0.15, 0.2) is 0 Å². The number of hydrogen-bond donors (Lipinski definition) is 0. The maximum atomic E-state index is 13.0. The highest BCUT2D eigenvalue weighted by molar-refractivity contribution is 6.35. The van der Waals surface area contributed by atoms with Gasteiger partial charge in [-0.2, -0.15) is 0 Å². The molecule has 0 saturated carbocycles. The Balaban J connectivity index is 1.33. The molecule has 37 heavy (non-hydrogen) atoms. The minimum Gasteiger partial charge on any atom is -0.268 e. The van der Waals surface area contributed by atoms with E-state index in [9.17, 15) is 19.2 Å². The fraction of sp³-hybridized carbons (Fsp3) is 0.0968. The van der Waals surface area contributed by atoms with Crippen molar-refractivity contribution < 1.29 is 19.2 Å². The molecule has 0 spiro atoms. The van der Waals surface area contributed by atoms with E-state index in [1.54, 1.807) is 48.5 Å². The highest BCUT2D eigenvalue weighted by Gasteiger charge is 2.38. The predicted molar refractivity (Wildman–Crippen MR) is 140 cm³/mol. The van der Waals surface area contributed by atoms with Crippen LogP contribution in [0.5, 0.6) is 0 Å². The molecule has 0 aromatic heterocycles. The summed E-state index contributed by atoms with van der Waals surface area (Å²) in [5.74, 6) is -1.32. The Morgan fingerprint density at radius 2 is 0.811 bits per heavy atom. The highest BCUT2D eigenvalue weighted by atomic mass is 16.2. The quantitative estimate of drug-likeness (QED) is 0.357. The first-order valence-electron chi connectivity index (χ1n) is 12.0. The van der Waals surface area contributed by atoms with Crippen molar-refractivity contribution in [1.29, 1.82) is 0 Å². The lowest BCUT2D eigenvalue weighted by Crippen LogP contribution is -2.30. The number of imide groups is 2. The highest BCUT2D eigenvalue weighted by Crippen LogP contribution is 2.34. The number of rotatable bonds is 4. The van der Waals surface area contributed by atoms with Crippen LogP contribution in [0.1, 0.15) is 63.7 Å². The molecule has 4 aromatic rings. The van der Waals surface area contributed by atoms with Crippen LogP contribution in [-0.2, 0) is 6.42 Å². The molecular weight excluding hydrogens is 464 g/mol. The molecule has 6 nitrogen and oxygen atoms in total. The average Bonchev–Trinajstić information content (AvgIpc) is 3.31. The number of anilines is 2. The van der Waals surface area contributed by atoms with Gasteiger partial charge in [-0.15, -0.1) is 0 Å². The van der Waals surface area contributed by atoms with Crippen LogP contribution >= 0.6 is 0 Å². The van der Waals surface area contributed by atoms with E-state index in [0.29, 0.717) is 40.0 Å². The lowest BCUT2D eigenvalue weighted by atomic mass is 10.00. The second kappa shape index (κ2) is 8.38. The van der Waals surface area contributed by atoms with Crippen LogP contribution in [-0.4, -0.2) is 23.6 Å². The summed E-state index contributed by atoms with van der Waals surface area (Å²) >= 11 is 0. The first kappa shape index (κ1) is 22.6. The monoisotopic (exact) mass is 486 g/mol. The molecule has 4 amide bonds. The summed E-state index contributed by atoms with van der Waals surface area (Å²) in [6.07, 6.45) is 0.493. The fourth-order valence-electron chi connectivity index (χ4n) is 5.06. The van der Waals surface area contributed by atoms with Crippen molar-refractivity contribution in [3.63, 3.8) is 0 Å². The normalized spacial score (nSPS) is 14.4. The van der Waals surface area contributed by atoms with Gasteiger partial charge in [0.25, 0.3) is 23.6 Å². The lowest BCUT2D eigenvalue weighted by molar-refractivity contribution is 0.0910. The Kier molecular flexibility index (Phi) is 5.12. The minimum atomic E-state index is -0.330. The third kappa shape index (κ3) is 3.49. The number of carbonyl (C=O) groups excluding carboxylic acids is 4. The van der Waals surface area contributed by atoms with E-state index in [4.69, 9.17) is 0 Å². The van der Waals surface area contributed by atoms with E-state index < -0.39 is 0 Å². The summed E-state index contributed by atoms with van der Waals surface area (Å²) in [4.78, 5) is 54.7. The Morgan fingerprint density at radius 3 is 1.14 bits per heavy atom. The summed E-state index contributed by atoms with van der Waals surface area (Å²) < 4.78 is 0. The second-order valence-corrected chi connectivity index (χ2v) is 9.40. The molecule has 6 heteroatoms. The number of nitrogens with zero attached hydrogens (tertiary/aromatic N) is 2. The van der Waals surface area contributed by atoms with Gasteiger partial charge in [-0.05, 0) is 78.9 Å². The second-order valence-electron chi connectivity index (χ2n) is 9.40. The smallest absolute Gasteiger partial charge is 0.266 e. The van der Waals surface area contributed by atoms with Crippen molar-refractivity contribution in [2.24, 2.45) is 0 Å². The molecule has 0 N–H and O–H groups in total. The summed E-state index contributed by atoms with van der Waals surface area (Å²) in [6, 6.07) is 25.1. The van der Waals surface area contributed by atoms with Gasteiger partial charge in [-0.3, -0.25) is 19.2 Å². The third-order valence-corrected chi connectivity index (χ3v) is 7.03. The third-order valence-electron chi connectivity index (χ3n) is 7.03. The van der Waals surface area contributed by atoms with Gasteiger partial charge < -0.3 is 0 Å². The lowest BCUT2D eigenvalue weighted by Gasteiger charge is -2.19. The van der Waals surface area contributed by atoms with E-state index in [1.807, 2.05) is 50.2 Å². The van der Waals surface area contributed by atoms with Gasteiger partial charge in [0.1, 0.15) is 0 Å². The Labute approximate surface area is 213 Å².